The van der Waals surface area contributed by atoms with Crippen molar-refractivity contribution in [2.24, 2.45) is 23.7 Å². The highest BCUT2D eigenvalue weighted by Gasteiger charge is 2.34. The monoisotopic (exact) mass is 910 g/mol. The number of pyridine rings is 1. The largest absolute Gasteiger partial charge is 0.480 e. The zero-order chi connectivity index (χ0) is 48.8. The molecule has 1 heterocycles. The van der Waals surface area contributed by atoms with Crippen molar-refractivity contribution in [2.75, 3.05) is 13.2 Å². The third-order valence-electron chi connectivity index (χ3n) is 9.60. The molecule has 10 N–H and O–H groups in total. The lowest BCUT2D eigenvalue weighted by atomic mass is 10.00. The molecule has 1 aromatic heterocycles. The molecule has 0 aliphatic heterocycles. The normalized spacial score (nSPS) is 15.1. The van der Waals surface area contributed by atoms with Crippen LogP contribution < -0.4 is 41.4 Å². The third-order valence-corrected chi connectivity index (χ3v) is 9.60. The molecule has 0 aliphatic rings. The van der Waals surface area contributed by atoms with Gasteiger partial charge in [-0.1, -0.05) is 61.5 Å². The highest BCUT2D eigenvalue weighted by atomic mass is 16.5. The van der Waals surface area contributed by atoms with Crippen molar-refractivity contribution < 1.29 is 68.3 Å². The minimum Gasteiger partial charge on any atom is -0.480 e. The molecule has 0 aromatic carbocycles. The van der Waals surface area contributed by atoms with E-state index in [4.69, 9.17) is 9.47 Å². The molecule has 1 rings (SSSR count). The standard InChI is InChI=1S/C43H71N7O14/c1-22(2)20-28(38(55)49-34(24(5)6)42(59)60)44-40(57)36(26(9)51)46-30(53)14-12-18-63-32-16-11-17-33(48-32)64-19-13-15-31(54)47-37(27(10)52)41(58)45-29(21-23(3)4)39(56)50-35(25(7)8)43(61)62/h11,16-17,22-29,34-37,51-52H,12-15,18-21H2,1-10H3,(H,44,57)(H,45,58)(H,46,53)(H,47,54)(H,49,55)(H,50,56)(H,59,60)(H,61,62)/t26-,27-,28+,29+,34+,35+,36+,37+/m1/s1. The van der Waals surface area contributed by atoms with Gasteiger partial charge in [0, 0.05) is 25.0 Å². The fourth-order valence-electron chi connectivity index (χ4n) is 6.14. The molecule has 1 aromatic rings. The first-order chi connectivity index (χ1) is 29.8. The predicted octanol–water partition coefficient (Wildman–Crippen LogP) is 0.643. The number of aromatic nitrogens is 1. The number of nitrogens with one attached hydrogen (secondary N) is 6. The molecule has 6 amide bonds. The lowest BCUT2D eigenvalue weighted by molar-refractivity contribution is -0.144. The molecule has 0 aliphatic carbocycles. The van der Waals surface area contributed by atoms with Gasteiger partial charge in [0.1, 0.15) is 36.3 Å². The summed E-state index contributed by atoms with van der Waals surface area (Å²) in [5.41, 5.74) is 0. The molecule has 21 heteroatoms. The smallest absolute Gasteiger partial charge is 0.326 e. The summed E-state index contributed by atoms with van der Waals surface area (Å²) in [6.45, 7) is 16.5. The van der Waals surface area contributed by atoms with Crippen molar-refractivity contribution in [1.82, 2.24) is 36.9 Å². The Morgan fingerprint density at radius 1 is 0.516 bits per heavy atom. The molecule has 0 spiro atoms. The highest BCUT2D eigenvalue weighted by molar-refractivity contribution is 5.95. The first kappa shape index (κ1) is 56.4. The van der Waals surface area contributed by atoms with Crippen LogP contribution in [0.5, 0.6) is 11.8 Å². The Kier molecular flexibility index (Phi) is 24.9. The van der Waals surface area contributed by atoms with E-state index < -0.39 is 108 Å². The van der Waals surface area contributed by atoms with E-state index in [1.54, 1.807) is 45.9 Å². The van der Waals surface area contributed by atoms with Crippen LogP contribution in [-0.2, 0) is 38.4 Å². The number of carboxylic acid groups (broad SMARTS) is 2. The number of ether oxygens (including phenoxy) is 2. The Hall–Kier alpha value is -5.57. The zero-order valence-corrected chi connectivity index (χ0v) is 38.6. The molecule has 0 unspecified atom stereocenters. The average Bonchev–Trinajstić information content (AvgIpc) is 3.18. The van der Waals surface area contributed by atoms with Gasteiger partial charge in [0.25, 0.3) is 0 Å². The quantitative estimate of drug-likeness (QED) is 0.0474. The lowest BCUT2D eigenvalue weighted by Crippen LogP contribution is -2.58. The van der Waals surface area contributed by atoms with Gasteiger partial charge < -0.3 is 61.8 Å². The molecule has 362 valence electrons. The number of carbonyl (C=O) groups excluding carboxylic acids is 6. The second-order valence-corrected chi connectivity index (χ2v) is 17.3. The third kappa shape index (κ3) is 21.2. The van der Waals surface area contributed by atoms with Gasteiger partial charge in [-0.05, 0) is 63.2 Å². The van der Waals surface area contributed by atoms with Crippen molar-refractivity contribution in [3.05, 3.63) is 18.2 Å². The zero-order valence-electron chi connectivity index (χ0n) is 38.6. The van der Waals surface area contributed by atoms with Gasteiger partial charge in [0.2, 0.25) is 47.2 Å². The fraction of sp³-hybridized carbons (Fsp3) is 0.698. The van der Waals surface area contributed by atoms with Crippen LogP contribution in [0.2, 0.25) is 0 Å². The summed E-state index contributed by atoms with van der Waals surface area (Å²) in [5, 5.41) is 54.6. The minimum atomic E-state index is -1.41. The van der Waals surface area contributed by atoms with Crippen LogP contribution in [0.15, 0.2) is 18.2 Å². The van der Waals surface area contributed by atoms with Gasteiger partial charge in [-0.2, -0.15) is 4.98 Å². The number of aliphatic hydroxyl groups excluding tert-OH is 2. The Labute approximate surface area is 375 Å². The number of carbonyl (C=O) groups is 8. The minimum absolute atomic E-state index is 0.0362. The Bertz CT molecular complexity index is 1590. The van der Waals surface area contributed by atoms with Crippen LogP contribution in [0.1, 0.15) is 108 Å². The van der Waals surface area contributed by atoms with Gasteiger partial charge >= 0.3 is 11.9 Å². The molecular formula is C43H71N7O14. The second-order valence-electron chi connectivity index (χ2n) is 17.3. The molecule has 0 saturated heterocycles. The number of aliphatic hydroxyl groups is 2. The number of hydrogen-bond donors (Lipinski definition) is 10. The molecule has 8 atom stereocenters. The maximum atomic E-state index is 13.2. The van der Waals surface area contributed by atoms with Crippen molar-refractivity contribution in [3.63, 3.8) is 0 Å². The second kappa shape index (κ2) is 28.3. The molecular weight excluding hydrogens is 839 g/mol. The van der Waals surface area contributed by atoms with Crippen molar-refractivity contribution in [3.8, 4) is 11.8 Å². The Balaban J connectivity index is 2.69. The number of aliphatic carboxylic acids is 2. The Morgan fingerprint density at radius 3 is 1.14 bits per heavy atom. The first-order valence-electron chi connectivity index (χ1n) is 21.7. The predicted molar refractivity (Wildman–Crippen MR) is 232 cm³/mol. The van der Waals surface area contributed by atoms with Crippen LogP contribution in [-0.4, -0.2) is 134 Å². The van der Waals surface area contributed by atoms with Crippen LogP contribution in [0.3, 0.4) is 0 Å². The van der Waals surface area contributed by atoms with Gasteiger partial charge in [-0.15, -0.1) is 0 Å². The summed E-state index contributed by atoms with van der Waals surface area (Å²) in [6, 6.07) is -2.69. The van der Waals surface area contributed by atoms with E-state index in [1.165, 1.54) is 13.8 Å². The van der Waals surface area contributed by atoms with Crippen LogP contribution >= 0.6 is 0 Å². The first-order valence-corrected chi connectivity index (χ1v) is 21.7. The van der Waals surface area contributed by atoms with Gasteiger partial charge in [0.05, 0.1) is 25.4 Å². The summed E-state index contributed by atoms with van der Waals surface area (Å²) in [7, 11) is 0. The molecule has 0 saturated carbocycles. The summed E-state index contributed by atoms with van der Waals surface area (Å²) < 4.78 is 11.3. The Morgan fingerprint density at radius 2 is 0.859 bits per heavy atom. The van der Waals surface area contributed by atoms with Crippen LogP contribution in [0, 0.1) is 23.7 Å². The number of carboxylic acids is 2. The average molecular weight is 910 g/mol. The van der Waals surface area contributed by atoms with E-state index in [9.17, 15) is 58.8 Å². The van der Waals surface area contributed by atoms with E-state index in [2.05, 4.69) is 36.9 Å². The summed E-state index contributed by atoms with van der Waals surface area (Å²) in [4.78, 5) is 105. The van der Waals surface area contributed by atoms with Crippen LogP contribution in [0.25, 0.3) is 0 Å². The number of hydrogen-bond acceptors (Lipinski definition) is 13. The van der Waals surface area contributed by atoms with Gasteiger partial charge in [0.15, 0.2) is 0 Å². The van der Waals surface area contributed by atoms with E-state index >= 15 is 0 Å². The maximum absolute atomic E-state index is 13.2. The SMILES string of the molecule is CC(C)C[C@H](NC(=O)[C@@H](NC(=O)CCCOc1cccc(OCCCC(=O)N[C@H](C(=O)N[C@@H](CC(C)C)C(=O)N[C@H](C(=O)O)C(C)C)[C@@H](C)O)n1)[C@@H](C)O)C(=O)N[C@H](C(=O)O)C(C)C. The van der Waals surface area contributed by atoms with Crippen molar-refractivity contribution >= 4 is 47.4 Å². The van der Waals surface area contributed by atoms with E-state index in [1.807, 2.05) is 27.7 Å². The lowest BCUT2D eigenvalue weighted by Gasteiger charge is -2.27. The number of nitrogens with zero attached hydrogens (tertiary/aromatic N) is 1. The van der Waals surface area contributed by atoms with E-state index in [0.29, 0.717) is 0 Å². The summed E-state index contributed by atoms with van der Waals surface area (Å²) >= 11 is 0. The van der Waals surface area contributed by atoms with Gasteiger partial charge in [-0.3, -0.25) is 28.8 Å². The molecule has 0 fully saturated rings. The number of amides is 6. The topological polar surface area (TPSA) is 321 Å². The molecule has 0 bridgehead atoms. The maximum Gasteiger partial charge on any atom is 0.326 e. The summed E-state index contributed by atoms with van der Waals surface area (Å²) in [6.07, 6.45) is -2.15. The van der Waals surface area contributed by atoms with Crippen molar-refractivity contribution in [1.29, 1.82) is 0 Å². The molecule has 64 heavy (non-hydrogen) atoms. The van der Waals surface area contributed by atoms with Gasteiger partial charge in [-0.25, -0.2) is 9.59 Å². The van der Waals surface area contributed by atoms with E-state index in [0.717, 1.165) is 0 Å². The van der Waals surface area contributed by atoms with E-state index in [-0.39, 0.29) is 75.3 Å². The van der Waals surface area contributed by atoms with Crippen molar-refractivity contribution in [2.45, 2.75) is 156 Å². The fourth-order valence-corrected chi connectivity index (χ4v) is 6.14. The molecule has 0 radical (unpaired) electrons. The number of rotatable bonds is 30. The molecule has 21 nitrogen and oxygen atoms in total. The summed E-state index contributed by atoms with van der Waals surface area (Å²) in [5.74, 6) is -7.28. The highest BCUT2D eigenvalue weighted by Crippen LogP contribution is 2.15. The van der Waals surface area contributed by atoms with Crippen LogP contribution in [0.4, 0.5) is 0 Å².